The molecule has 7 nitrogen and oxygen atoms in total. The summed E-state index contributed by atoms with van der Waals surface area (Å²) in [6.45, 7) is 3.74. The number of rotatable bonds is 13. The number of carbonyl (C=O) groups is 3. The van der Waals surface area contributed by atoms with Crippen molar-refractivity contribution in [2.75, 3.05) is 7.05 Å². The van der Waals surface area contributed by atoms with E-state index in [2.05, 4.69) is 5.32 Å². The number of carbonyl (C=O) groups excluding carboxylic acids is 3. The van der Waals surface area contributed by atoms with Gasteiger partial charge in [0.25, 0.3) is 5.79 Å². The first-order valence-electron chi connectivity index (χ1n) is 10.7. The predicted molar refractivity (Wildman–Crippen MR) is 115 cm³/mol. The molecule has 0 aliphatic heterocycles. The molecule has 1 aromatic rings. The van der Waals surface area contributed by atoms with Crippen LogP contribution >= 0.6 is 0 Å². The van der Waals surface area contributed by atoms with E-state index in [0.29, 0.717) is 12.8 Å². The third-order valence-electron chi connectivity index (χ3n) is 4.94. The third kappa shape index (κ3) is 8.61. The summed E-state index contributed by atoms with van der Waals surface area (Å²) in [4.78, 5) is 37.5. The summed E-state index contributed by atoms with van der Waals surface area (Å²) in [5.74, 6) is -5.88. The maximum absolute atomic E-state index is 15.3. The van der Waals surface area contributed by atoms with Crippen LogP contribution in [0.4, 0.5) is 8.87 Å². The van der Waals surface area contributed by atoms with Crippen LogP contribution in [0.2, 0.25) is 0 Å². The molecule has 31 heavy (non-hydrogen) atoms. The Kier molecular flexibility index (Phi) is 11.1. The zero-order valence-electron chi connectivity index (χ0n) is 18.5. The summed E-state index contributed by atoms with van der Waals surface area (Å²) >= 11 is 0. The summed E-state index contributed by atoms with van der Waals surface area (Å²) in [5.41, 5.74) is 6.62. The number of alkyl halides is 1. The van der Waals surface area contributed by atoms with Crippen molar-refractivity contribution in [3.63, 3.8) is 0 Å². The van der Waals surface area contributed by atoms with Crippen molar-refractivity contribution in [1.82, 2.24) is 15.8 Å². The Bertz CT molecular complexity index is 718. The topological polar surface area (TPSA) is 105 Å². The van der Waals surface area contributed by atoms with E-state index in [0.717, 1.165) is 25.5 Å². The molecule has 9 heteroatoms. The smallest absolute Gasteiger partial charge is 0.308 e. The van der Waals surface area contributed by atoms with Gasteiger partial charge in [0.05, 0.1) is 6.04 Å². The third-order valence-corrected chi connectivity index (χ3v) is 4.94. The van der Waals surface area contributed by atoms with Gasteiger partial charge in [-0.15, -0.1) is 0 Å². The van der Waals surface area contributed by atoms with Gasteiger partial charge in [0.1, 0.15) is 6.04 Å². The molecule has 0 unspecified atom stereocenters. The fourth-order valence-corrected chi connectivity index (χ4v) is 3.06. The van der Waals surface area contributed by atoms with E-state index in [1.54, 1.807) is 37.3 Å². The standard InChI is InChI=1S/C22H34F2N4O3/c1-4-6-13-17(25)19(29)26-18(15-16-11-9-8-10-12-16)20(30)27-22(23,14-7-5-2)21(31)28(3)24/h8-12,17-18H,4-7,13-15,25H2,1-3H3,(H,26,29)(H,27,30)/t17-,18-,22-/m0/s1. The maximum atomic E-state index is 15.3. The van der Waals surface area contributed by atoms with Crippen LogP contribution < -0.4 is 16.4 Å². The Balaban J connectivity index is 3.07. The Hall–Kier alpha value is -2.55. The molecule has 0 heterocycles. The molecule has 4 N–H and O–H groups in total. The summed E-state index contributed by atoms with van der Waals surface area (Å²) in [7, 11) is 0.769. The first-order valence-corrected chi connectivity index (χ1v) is 10.7. The van der Waals surface area contributed by atoms with E-state index in [-0.39, 0.29) is 24.4 Å². The first kappa shape index (κ1) is 26.5. The second-order valence-electron chi connectivity index (χ2n) is 7.68. The first-order chi connectivity index (χ1) is 14.6. The second kappa shape index (κ2) is 13.0. The van der Waals surface area contributed by atoms with Gasteiger partial charge in [0.2, 0.25) is 11.8 Å². The number of unbranched alkanes of at least 4 members (excludes halogenated alkanes) is 2. The van der Waals surface area contributed by atoms with Gasteiger partial charge in [0, 0.05) is 19.9 Å². The molecule has 1 aromatic carbocycles. The lowest BCUT2D eigenvalue weighted by Gasteiger charge is -2.29. The molecule has 1 rings (SSSR count). The number of likely N-dealkylation sites (N-methyl/N-ethyl adjacent to an activating group) is 1. The fourth-order valence-electron chi connectivity index (χ4n) is 3.06. The number of amides is 3. The van der Waals surface area contributed by atoms with Crippen LogP contribution in [0.15, 0.2) is 30.3 Å². The van der Waals surface area contributed by atoms with Gasteiger partial charge in [-0.3, -0.25) is 14.4 Å². The van der Waals surface area contributed by atoms with Gasteiger partial charge in [-0.25, -0.2) is 4.39 Å². The minimum Gasteiger partial charge on any atom is -0.343 e. The zero-order valence-corrected chi connectivity index (χ0v) is 18.5. The minimum absolute atomic E-state index is 0.0580. The van der Waals surface area contributed by atoms with Crippen LogP contribution in [0, 0.1) is 0 Å². The van der Waals surface area contributed by atoms with E-state index >= 15 is 4.39 Å². The highest BCUT2D eigenvalue weighted by Crippen LogP contribution is 2.20. The van der Waals surface area contributed by atoms with E-state index in [1.165, 1.54) is 0 Å². The highest BCUT2D eigenvalue weighted by molar-refractivity contribution is 5.94. The van der Waals surface area contributed by atoms with Gasteiger partial charge >= 0.3 is 5.91 Å². The molecule has 0 fully saturated rings. The molecule has 0 aromatic heterocycles. The largest absolute Gasteiger partial charge is 0.343 e. The van der Waals surface area contributed by atoms with Crippen LogP contribution in [0.1, 0.15) is 57.9 Å². The van der Waals surface area contributed by atoms with Crippen molar-refractivity contribution in [3.8, 4) is 0 Å². The van der Waals surface area contributed by atoms with Gasteiger partial charge in [-0.05, 0) is 18.4 Å². The number of nitrogens with zero attached hydrogens (tertiary/aromatic N) is 1. The Labute approximate surface area is 182 Å². The molecular weight excluding hydrogens is 406 g/mol. The van der Waals surface area contributed by atoms with Crippen LogP contribution in [0.3, 0.4) is 0 Å². The maximum Gasteiger partial charge on any atom is 0.308 e. The average Bonchev–Trinajstić information content (AvgIpc) is 2.75. The fraction of sp³-hybridized carbons (Fsp3) is 0.591. The molecule has 3 atom stereocenters. The lowest BCUT2D eigenvalue weighted by Crippen LogP contribution is -2.60. The van der Waals surface area contributed by atoms with Crippen molar-refractivity contribution in [2.24, 2.45) is 5.73 Å². The summed E-state index contributed by atoms with van der Waals surface area (Å²) < 4.78 is 28.8. The van der Waals surface area contributed by atoms with Gasteiger partial charge in [-0.1, -0.05) is 67.9 Å². The van der Waals surface area contributed by atoms with Crippen molar-refractivity contribution >= 4 is 17.7 Å². The van der Waals surface area contributed by atoms with E-state index in [4.69, 9.17) is 5.73 Å². The average molecular weight is 441 g/mol. The van der Waals surface area contributed by atoms with Crippen LogP contribution in [-0.4, -0.2) is 47.8 Å². The van der Waals surface area contributed by atoms with Gasteiger partial charge in [0.15, 0.2) is 0 Å². The van der Waals surface area contributed by atoms with E-state index in [1.807, 2.05) is 12.2 Å². The van der Waals surface area contributed by atoms with Crippen molar-refractivity contribution in [1.29, 1.82) is 0 Å². The van der Waals surface area contributed by atoms with E-state index in [9.17, 15) is 18.9 Å². The summed E-state index contributed by atoms with van der Waals surface area (Å²) in [6, 6.07) is 6.83. The highest BCUT2D eigenvalue weighted by Gasteiger charge is 2.43. The minimum atomic E-state index is -2.92. The molecule has 0 aliphatic carbocycles. The normalized spacial score (nSPS) is 14.8. The lowest BCUT2D eigenvalue weighted by molar-refractivity contribution is -0.162. The number of hydrogen-bond donors (Lipinski definition) is 3. The van der Waals surface area contributed by atoms with E-state index < -0.39 is 35.6 Å². The quantitative estimate of drug-likeness (QED) is 0.324. The second-order valence-corrected chi connectivity index (χ2v) is 7.68. The van der Waals surface area contributed by atoms with Crippen LogP contribution in [-0.2, 0) is 20.8 Å². The zero-order chi connectivity index (χ0) is 23.4. The molecule has 0 bridgehead atoms. The van der Waals surface area contributed by atoms with Crippen molar-refractivity contribution in [2.45, 2.75) is 76.7 Å². The number of benzene rings is 1. The lowest BCUT2D eigenvalue weighted by atomic mass is 10.0. The number of hydrogen-bond acceptors (Lipinski definition) is 4. The number of nitrogens with one attached hydrogen (secondary N) is 2. The van der Waals surface area contributed by atoms with Crippen LogP contribution in [0.5, 0.6) is 0 Å². The van der Waals surface area contributed by atoms with Gasteiger partial charge in [-0.2, -0.15) is 5.12 Å². The summed E-state index contributed by atoms with van der Waals surface area (Å²) in [5, 5.41) is 4.20. The molecule has 0 saturated carbocycles. The van der Waals surface area contributed by atoms with Gasteiger partial charge < -0.3 is 16.4 Å². The Morgan fingerprint density at radius 3 is 2.26 bits per heavy atom. The molecule has 0 radical (unpaired) electrons. The SMILES string of the molecule is CCCC[C@H](N)C(=O)N[C@@H](Cc1ccccc1)C(=O)N[C@@](F)(CCCC)C(=O)N(C)F. The Morgan fingerprint density at radius 1 is 1.10 bits per heavy atom. The molecule has 0 saturated heterocycles. The summed E-state index contributed by atoms with van der Waals surface area (Å²) in [6.07, 6.45) is 2.51. The number of nitrogens with two attached hydrogens (primary N) is 1. The molecule has 174 valence electrons. The monoisotopic (exact) mass is 440 g/mol. The van der Waals surface area contributed by atoms with Crippen LogP contribution in [0.25, 0.3) is 0 Å². The Morgan fingerprint density at radius 2 is 1.71 bits per heavy atom. The van der Waals surface area contributed by atoms with Crippen molar-refractivity contribution < 1.29 is 23.3 Å². The molecule has 0 spiro atoms. The predicted octanol–water partition coefficient (Wildman–Crippen LogP) is 2.55. The van der Waals surface area contributed by atoms with Crippen molar-refractivity contribution in [3.05, 3.63) is 35.9 Å². The molecule has 0 aliphatic rings. The molecule has 3 amide bonds. The number of halogens is 2. The molecular formula is C22H34F2N4O3. The highest BCUT2D eigenvalue weighted by atomic mass is 19.2.